The zero-order valence-electron chi connectivity index (χ0n) is 9.81. The Bertz CT molecular complexity index is 431. The standard InChI is InChI=1S/C12H15N3O2/c1-15(2)10(8-6-4-3-5-7-8)9-11(16)14-12(17)13-9/h3-7,9-10H,1-2H3,(H2,13,14,16,17). The number of urea groups is 1. The van der Waals surface area contributed by atoms with E-state index in [2.05, 4.69) is 10.6 Å². The first kappa shape index (κ1) is 11.6. The van der Waals surface area contributed by atoms with Gasteiger partial charge in [0.1, 0.15) is 6.04 Å². The van der Waals surface area contributed by atoms with Gasteiger partial charge in [-0.2, -0.15) is 0 Å². The van der Waals surface area contributed by atoms with Gasteiger partial charge in [-0.05, 0) is 19.7 Å². The van der Waals surface area contributed by atoms with Crippen LogP contribution in [0.1, 0.15) is 11.6 Å². The molecule has 1 aliphatic heterocycles. The van der Waals surface area contributed by atoms with Crippen molar-refractivity contribution in [3.63, 3.8) is 0 Å². The summed E-state index contributed by atoms with van der Waals surface area (Å²) in [4.78, 5) is 24.8. The zero-order chi connectivity index (χ0) is 12.4. The largest absolute Gasteiger partial charge is 0.324 e. The minimum atomic E-state index is -0.542. The molecule has 2 rings (SSSR count). The minimum absolute atomic E-state index is 0.164. The van der Waals surface area contributed by atoms with E-state index in [1.165, 1.54) is 0 Å². The molecule has 5 heteroatoms. The Morgan fingerprint density at radius 2 is 1.82 bits per heavy atom. The van der Waals surface area contributed by atoms with Crippen molar-refractivity contribution in [1.82, 2.24) is 15.5 Å². The summed E-state index contributed by atoms with van der Waals surface area (Å²) < 4.78 is 0. The topological polar surface area (TPSA) is 61.4 Å². The highest BCUT2D eigenvalue weighted by atomic mass is 16.2. The second-order valence-electron chi connectivity index (χ2n) is 4.26. The average molecular weight is 233 g/mol. The predicted molar refractivity (Wildman–Crippen MR) is 63.3 cm³/mol. The first-order valence-electron chi connectivity index (χ1n) is 5.42. The van der Waals surface area contributed by atoms with E-state index in [1.54, 1.807) is 0 Å². The second-order valence-corrected chi connectivity index (χ2v) is 4.26. The summed E-state index contributed by atoms with van der Waals surface area (Å²) in [7, 11) is 3.77. The summed E-state index contributed by atoms with van der Waals surface area (Å²) in [6.07, 6.45) is 0. The Morgan fingerprint density at radius 1 is 1.18 bits per heavy atom. The Morgan fingerprint density at radius 3 is 2.29 bits per heavy atom. The number of amides is 3. The molecule has 2 unspecified atom stereocenters. The van der Waals surface area contributed by atoms with E-state index in [1.807, 2.05) is 49.3 Å². The van der Waals surface area contributed by atoms with E-state index in [0.717, 1.165) is 5.56 Å². The SMILES string of the molecule is CN(C)C(c1ccccc1)C1NC(=O)NC1=O. The van der Waals surface area contributed by atoms with Crippen LogP contribution in [0, 0.1) is 0 Å². The Kier molecular flexibility index (Phi) is 3.10. The lowest BCUT2D eigenvalue weighted by atomic mass is 9.98. The summed E-state index contributed by atoms with van der Waals surface area (Å²) in [5.41, 5.74) is 1.000. The third-order valence-corrected chi connectivity index (χ3v) is 2.82. The fourth-order valence-electron chi connectivity index (χ4n) is 2.09. The van der Waals surface area contributed by atoms with Gasteiger partial charge in [-0.1, -0.05) is 30.3 Å². The van der Waals surface area contributed by atoms with Crippen LogP contribution in [-0.2, 0) is 4.79 Å². The lowest BCUT2D eigenvalue weighted by Gasteiger charge is -2.28. The summed E-state index contributed by atoms with van der Waals surface area (Å²) >= 11 is 0. The van der Waals surface area contributed by atoms with E-state index in [0.29, 0.717) is 0 Å². The molecule has 0 spiro atoms. The first-order chi connectivity index (χ1) is 8.09. The predicted octanol–water partition coefficient (Wildman–Crippen LogP) is 0.497. The van der Waals surface area contributed by atoms with Gasteiger partial charge in [-0.3, -0.25) is 10.1 Å². The Balaban J connectivity index is 2.30. The highest BCUT2D eigenvalue weighted by Gasteiger charge is 2.37. The number of rotatable bonds is 3. The normalized spacial score (nSPS) is 21.2. The van der Waals surface area contributed by atoms with Gasteiger partial charge in [-0.15, -0.1) is 0 Å². The zero-order valence-corrected chi connectivity index (χ0v) is 9.81. The number of nitrogens with zero attached hydrogens (tertiary/aromatic N) is 1. The van der Waals surface area contributed by atoms with Crippen molar-refractivity contribution >= 4 is 11.9 Å². The molecule has 0 aromatic heterocycles. The number of hydrogen-bond donors (Lipinski definition) is 2. The van der Waals surface area contributed by atoms with E-state index >= 15 is 0 Å². The van der Waals surface area contributed by atoms with Crippen LogP contribution in [0.3, 0.4) is 0 Å². The van der Waals surface area contributed by atoms with Crippen LogP contribution in [0.2, 0.25) is 0 Å². The van der Waals surface area contributed by atoms with E-state index in [9.17, 15) is 9.59 Å². The van der Waals surface area contributed by atoms with Gasteiger partial charge < -0.3 is 10.2 Å². The molecule has 1 heterocycles. The molecule has 2 atom stereocenters. The van der Waals surface area contributed by atoms with Gasteiger partial charge in [0.05, 0.1) is 6.04 Å². The molecular formula is C12H15N3O2. The summed E-state index contributed by atoms with van der Waals surface area (Å²) in [5, 5.41) is 4.90. The van der Waals surface area contributed by atoms with Crippen molar-refractivity contribution in [3.05, 3.63) is 35.9 Å². The van der Waals surface area contributed by atoms with Crippen molar-refractivity contribution < 1.29 is 9.59 Å². The van der Waals surface area contributed by atoms with Crippen molar-refractivity contribution in [2.24, 2.45) is 0 Å². The van der Waals surface area contributed by atoms with Crippen molar-refractivity contribution in [2.75, 3.05) is 14.1 Å². The molecule has 1 aromatic carbocycles. The van der Waals surface area contributed by atoms with Gasteiger partial charge in [0, 0.05) is 0 Å². The minimum Gasteiger partial charge on any atom is -0.324 e. The lowest BCUT2D eigenvalue weighted by molar-refractivity contribution is -0.121. The smallest absolute Gasteiger partial charge is 0.322 e. The monoisotopic (exact) mass is 233 g/mol. The third kappa shape index (κ3) is 2.29. The number of benzene rings is 1. The van der Waals surface area contributed by atoms with Crippen molar-refractivity contribution in [1.29, 1.82) is 0 Å². The maximum absolute atomic E-state index is 11.7. The van der Waals surface area contributed by atoms with Crippen LogP contribution in [-0.4, -0.2) is 37.0 Å². The Hall–Kier alpha value is -1.88. The van der Waals surface area contributed by atoms with Crippen LogP contribution >= 0.6 is 0 Å². The number of likely N-dealkylation sites (N-methyl/N-ethyl adjacent to an activating group) is 1. The molecule has 0 bridgehead atoms. The molecule has 17 heavy (non-hydrogen) atoms. The molecular weight excluding hydrogens is 218 g/mol. The van der Waals surface area contributed by atoms with Crippen LogP contribution < -0.4 is 10.6 Å². The van der Waals surface area contributed by atoms with Crippen LogP contribution in [0.4, 0.5) is 4.79 Å². The molecule has 1 fully saturated rings. The van der Waals surface area contributed by atoms with E-state index in [-0.39, 0.29) is 11.9 Å². The molecule has 1 aliphatic rings. The fraction of sp³-hybridized carbons (Fsp3) is 0.333. The quantitative estimate of drug-likeness (QED) is 0.747. The molecule has 0 radical (unpaired) electrons. The second kappa shape index (κ2) is 4.55. The molecule has 0 aliphatic carbocycles. The Labute approximate surface area is 99.8 Å². The summed E-state index contributed by atoms with van der Waals surface area (Å²) in [6, 6.07) is 8.51. The number of imide groups is 1. The summed E-state index contributed by atoms with van der Waals surface area (Å²) in [5.74, 6) is -0.280. The van der Waals surface area contributed by atoms with Gasteiger partial charge in [0.25, 0.3) is 5.91 Å². The highest BCUT2D eigenvalue weighted by Crippen LogP contribution is 2.23. The lowest BCUT2D eigenvalue weighted by Crippen LogP contribution is -2.42. The average Bonchev–Trinajstić information content (AvgIpc) is 2.59. The number of hydrogen-bond acceptors (Lipinski definition) is 3. The van der Waals surface area contributed by atoms with Gasteiger partial charge >= 0.3 is 6.03 Å². The fourth-order valence-corrected chi connectivity index (χ4v) is 2.09. The molecule has 90 valence electrons. The van der Waals surface area contributed by atoms with Crippen molar-refractivity contribution in [3.8, 4) is 0 Å². The molecule has 1 aromatic rings. The summed E-state index contributed by atoms with van der Waals surface area (Å²) in [6.45, 7) is 0. The van der Waals surface area contributed by atoms with Crippen LogP contribution in [0.5, 0.6) is 0 Å². The number of carbonyl (C=O) groups excluding carboxylic acids is 2. The maximum atomic E-state index is 11.7. The molecule has 1 saturated heterocycles. The van der Waals surface area contributed by atoms with Gasteiger partial charge in [0.2, 0.25) is 0 Å². The van der Waals surface area contributed by atoms with Crippen LogP contribution in [0.15, 0.2) is 30.3 Å². The van der Waals surface area contributed by atoms with Crippen molar-refractivity contribution in [2.45, 2.75) is 12.1 Å². The molecule has 2 N–H and O–H groups in total. The first-order valence-corrected chi connectivity index (χ1v) is 5.42. The molecule has 5 nitrogen and oxygen atoms in total. The van der Waals surface area contributed by atoms with E-state index in [4.69, 9.17) is 0 Å². The number of carbonyl (C=O) groups is 2. The molecule has 3 amide bonds. The van der Waals surface area contributed by atoms with Gasteiger partial charge in [0.15, 0.2) is 0 Å². The maximum Gasteiger partial charge on any atom is 0.322 e. The van der Waals surface area contributed by atoms with E-state index < -0.39 is 12.1 Å². The number of nitrogens with one attached hydrogen (secondary N) is 2. The molecule has 0 saturated carbocycles. The van der Waals surface area contributed by atoms with Crippen LogP contribution in [0.25, 0.3) is 0 Å². The highest BCUT2D eigenvalue weighted by molar-refractivity contribution is 6.04. The van der Waals surface area contributed by atoms with Gasteiger partial charge in [-0.25, -0.2) is 4.79 Å². The third-order valence-electron chi connectivity index (χ3n) is 2.82.